The second-order valence-electron chi connectivity index (χ2n) is 8.52. The maximum absolute atomic E-state index is 12.1. The van der Waals surface area contributed by atoms with E-state index in [1.54, 1.807) is 31.2 Å². The molecule has 2 amide bonds. The number of carbonyl (C=O) groups is 2. The van der Waals surface area contributed by atoms with Crippen molar-refractivity contribution in [1.82, 2.24) is 14.9 Å². The Morgan fingerprint density at radius 3 is 2.37 bits per heavy atom. The van der Waals surface area contributed by atoms with Gasteiger partial charge < -0.3 is 19.1 Å². The van der Waals surface area contributed by atoms with Crippen molar-refractivity contribution in [1.29, 1.82) is 0 Å². The summed E-state index contributed by atoms with van der Waals surface area (Å²) in [7, 11) is 1.92. The van der Waals surface area contributed by atoms with Gasteiger partial charge in [-0.2, -0.15) is 0 Å². The maximum Gasteiger partial charge on any atom is 0.286 e. The number of nitrogens with one attached hydrogen (secondary N) is 1. The number of thioether (sulfide) groups is 1. The van der Waals surface area contributed by atoms with Crippen molar-refractivity contribution in [3.8, 4) is 23.0 Å². The molecule has 35 heavy (non-hydrogen) atoms. The van der Waals surface area contributed by atoms with Crippen molar-refractivity contribution in [2.45, 2.75) is 24.7 Å². The number of imidazole rings is 1. The van der Waals surface area contributed by atoms with Gasteiger partial charge in [0.15, 0.2) is 0 Å². The number of nitrogens with zero attached hydrogens (tertiary/aromatic N) is 2. The van der Waals surface area contributed by atoms with Crippen LogP contribution in [-0.2, 0) is 24.9 Å². The molecule has 1 aliphatic heterocycles. The Morgan fingerprint density at radius 2 is 1.69 bits per heavy atom. The van der Waals surface area contributed by atoms with E-state index in [9.17, 15) is 14.7 Å². The van der Waals surface area contributed by atoms with E-state index in [2.05, 4.69) is 10.3 Å². The highest BCUT2D eigenvalue weighted by Gasteiger charge is 2.43. The molecule has 0 spiro atoms. The van der Waals surface area contributed by atoms with Crippen LogP contribution in [0.15, 0.2) is 66.7 Å². The number of rotatable bonds is 7. The lowest BCUT2D eigenvalue weighted by molar-refractivity contribution is -0.121. The fourth-order valence-corrected chi connectivity index (χ4v) is 4.86. The monoisotopic (exact) mass is 489 g/mol. The first-order valence-corrected chi connectivity index (χ1v) is 11.8. The number of hydrogen-bond donors (Lipinski definition) is 2. The molecule has 1 unspecified atom stereocenters. The van der Waals surface area contributed by atoms with Gasteiger partial charge in [-0.3, -0.25) is 14.9 Å². The number of aryl methyl sites for hydroxylation is 1. The van der Waals surface area contributed by atoms with E-state index < -0.39 is 4.75 Å². The lowest BCUT2D eigenvalue weighted by atomic mass is 9.99. The number of ether oxygens (including phenoxy) is 2. The summed E-state index contributed by atoms with van der Waals surface area (Å²) in [6, 6.07) is 19.7. The van der Waals surface area contributed by atoms with Gasteiger partial charge in [0, 0.05) is 13.1 Å². The molecule has 0 bridgehead atoms. The minimum atomic E-state index is -0.794. The van der Waals surface area contributed by atoms with E-state index in [1.165, 1.54) is 0 Å². The van der Waals surface area contributed by atoms with Crippen molar-refractivity contribution in [2.75, 3.05) is 0 Å². The zero-order valence-corrected chi connectivity index (χ0v) is 20.0. The molecule has 2 N–H and O–H groups in total. The summed E-state index contributed by atoms with van der Waals surface area (Å²) in [5.41, 5.74) is 2.68. The fraction of sp³-hybridized carbons (Fsp3) is 0.192. The summed E-state index contributed by atoms with van der Waals surface area (Å²) in [6.07, 6.45) is 0.453. The van der Waals surface area contributed by atoms with Crippen LogP contribution in [-0.4, -0.2) is 30.6 Å². The van der Waals surface area contributed by atoms with Gasteiger partial charge in [-0.05, 0) is 79.2 Å². The Balaban J connectivity index is 1.25. The molecule has 2 heterocycles. The minimum Gasteiger partial charge on any atom is -0.508 e. The number of hydrogen-bond acceptors (Lipinski definition) is 7. The molecule has 1 aromatic heterocycles. The van der Waals surface area contributed by atoms with Crippen LogP contribution < -0.4 is 14.8 Å². The van der Waals surface area contributed by atoms with Crippen LogP contribution in [0.5, 0.6) is 23.0 Å². The van der Waals surface area contributed by atoms with Gasteiger partial charge in [-0.15, -0.1) is 0 Å². The van der Waals surface area contributed by atoms with E-state index in [0.29, 0.717) is 23.7 Å². The van der Waals surface area contributed by atoms with Crippen molar-refractivity contribution in [3.05, 3.63) is 78.1 Å². The standard InChI is InChI=1S/C26H23N3O5S/c1-26(24(31)28-25(32)35-26)14-16-3-7-18(8-4-16)33-15-23-27-21-12-11-20(13-22(21)29(23)2)34-19-9-5-17(30)6-10-19/h3-13,30H,14-15H2,1-2H3,(H,28,31,32). The molecule has 1 fully saturated rings. The quantitative estimate of drug-likeness (QED) is 0.379. The number of amides is 2. The number of phenols is 1. The van der Waals surface area contributed by atoms with Crippen molar-refractivity contribution in [3.63, 3.8) is 0 Å². The summed E-state index contributed by atoms with van der Waals surface area (Å²) >= 11 is 1.03. The van der Waals surface area contributed by atoms with Crippen LogP contribution >= 0.6 is 11.8 Å². The molecule has 1 saturated heterocycles. The number of aromatic nitrogens is 2. The van der Waals surface area contributed by atoms with Gasteiger partial charge in [0.2, 0.25) is 5.91 Å². The molecule has 8 nitrogen and oxygen atoms in total. The Kier molecular flexibility index (Phi) is 5.86. The van der Waals surface area contributed by atoms with E-state index in [1.807, 2.05) is 54.1 Å². The van der Waals surface area contributed by atoms with Crippen molar-refractivity contribution >= 4 is 33.9 Å². The average Bonchev–Trinajstić information content (AvgIpc) is 3.28. The third-order valence-corrected chi connectivity index (χ3v) is 6.93. The highest BCUT2D eigenvalue weighted by Crippen LogP contribution is 2.35. The number of phenolic OH excluding ortho intramolecular Hbond substituents is 1. The Hall–Kier alpha value is -3.98. The first-order valence-electron chi connectivity index (χ1n) is 11.0. The van der Waals surface area contributed by atoms with Crippen molar-refractivity contribution in [2.24, 2.45) is 7.05 Å². The highest BCUT2D eigenvalue weighted by atomic mass is 32.2. The van der Waals surface area contributed by atoms with Crippen LogP contribution in [0.2, 0.25) is 0 Å². The topological polar surface area (TPSA) is 103 Å². The molecule has 1 atom stereocenters. The maximum atomic E-state index is 12.1. The molecule has 178 valence electrons. The number of carbonyl (C=O) groups excluding carboxylic acids is 2. The Bertz CT molecular complexity index is 1420. The third-order valence-electron chi connectivity index (χ3n) is 5.86. The summed E-state index contributed by atoms with van der Waals surface area (Å²) in [4.78, 5) is 28.3. The predicted molar refractivity (Wildman–Crippen MR) is 133 cm³/mol. The number of benzene rings is 3. The van der Waals surface area contributed by atoms with Crippen LogP contribution in [0.25, 0.3) is 11.0 Å². The predicted octanol–water partition coefficient (Wildman–Crippen LogP) is 4.93. The van der Waals surface area contributed by atoms with Crippen LogP contribution in [0.4, 0.5) is 4.79 Å². The lowest BCUT2D eigenvalue weighted by Crippen LogP contribution is -2.35. The second kappa shape index (κ2) is 8.99. The third kappa shape index (κ3) is 4.81. The molecule has 3 aromatic carbocycles. The van der Waals surface area contributed by atoms with Crippen LogP contribution in [0, 0.1) is 0 Å². The zero-order chi connectivity index (χ0) is 24.6. The Labute approximate surface area is 205 Å². The minimum absolute atomic E-state index is 0.185. The average molecular weight is 490 g/mol. The fourth-order valence-electron chi connectivity index (χ4n) is 3.92. The molecule has 0 saturated carbocycles. The largest absolute Gasteiger partial charge is 0.508 e. The molecule has 9 heteroatoms. The normalized spacial score (nSPS) is 17.5. The van der Waals surface area contributed by atoms with E-state index in [-0.39, 0.29) is 23.5 Å². The van der Waals surface area contributed by atoms with Gasteiger partial charge in [-0.1, -0.05) is 12.1 Å². The van der Waals surface area contributed by atoms with Crippen LogP contribution in [0.3, 0.4) is 0 Å². The molecule has 5 rings (SSSR count). The van der Waals surface area contributed by atoms with Gasteiger partial charge in [0.05, 0.1) is 11.0 Å². The summed E-state index contributed by atoms with van der Waals surface area (Å²) in [5.74, 6) is 2.66. The summed E-state index contributed by atoms with van der Waals surface area (Å²) in [5, 5.41) is 11.5. The van der Waals surface area contributed by atoms with Gasteiger partial charge in [0.1, 0.15) is 40.2 Å². The molecule has 0 aliphatic carbocycles. The van der Waals surface area contributed by atoms with E-state index in [4.69, 9.17) is 9.47 Å². The molecule has 0 radical (unpaired) electrons. The van der Waals surface area contributed by atoms with Crippen LogP contribution in [0.1, 0.15) is 18.3 Å². The highest BCUT2D eigenvalue weighted by molar-refractivity contribution is 8.16. The number of imide groups is 1. The second-order valence-corrected chi connectivity index (χ2v) is 9.99. The summed E-state index contributed by atoms with van der Waals surface area (Å²) in [6.45, 7) is 2.05. The van der Waals surface area contributed by atoms with Gasteiger partial charge >= 0.3 is 0 Å². The number of fused-ring (bicyclic) bond motifs is 1. The zero-order valence-electron chi connectivity index (χ0n) is 19.1. The Morgan fingerprint density at radius 1 is 1.00 bits per heavy atom. The van der Waals surface area contributed by atoms with Crippen molar-refractivity contribution < 1.29 is 24.2 Å². The molecule has 1 aliphatic rings. The molecular weight excluding hydrogens is 466 g/mol. The SMILES string of the molecule is Cn1c(COc2ccc(CC3(C)SC(=O)NC3=O)cc2)nc2ccc(Oc3ccc(O)cc3)cc21. The van der Waals surface area contributed by atoms with E-state index in [0.717, 1.165) is 34.2 Å². The van der Waals surface area contributed by atoms with Gasteiger partial charge in [-0.25, -0.2) is 4.98 Å². The van der Waals surface area contributed by atoms with Gasteiger partial charge in [0.25, 0.3) is 5.24 Å². The summed E-state index contributed by atoms with van der Waals surface area (Å²) < 4.78 is 13.0. The lowest BCUT2D eigenvalue weighted by Gasteiger charge is -2.18. The molecular formula is C26H23N3O5S. The molecule has 4 aromatic rings. The first kappa shape index (κ1) is 22.8. The number of aromatic hydroxyl groups is 1. The first-order chi connectivity index (χ1) is 16.8. The van der Waals surface area contributed by atoms with E-state index >= 15 is 0 Å². The smallest absolute Gasteiger partial charge is 0.286 e.